The van der Waals surface area contributed by atoms with Gasteiger partial charge in [-0.05, 0) is 41.9 Å². The van der Waals surface area contributed by atoms with Gasteiger partial charge in [0, 0.05) is 30.2 Å². The number of pyridine rings is 2. The Hall–Kier alpha value is -2.49. The topological polar surface area (TPSA) is 121 Å². The predicted molar refractivity (Wildman–Crippen MR) is 119 cm³/mol. The van der Waals surface area contributed by atoms with Crippen LogP contribution in [0.15, 0.2) is 40.9 Å². The number of aliphatic carboxylic acids is 1. The highest BCUT2D eigenvalue weighted by atomic mass is 79.9. The van der Waals surface area contributed by atoms with Gasteiger partial charge < -0.3 is 15.7 Å². The third-order valence-electron chi connectivity index (χ3n) is 4.80. The molecule has 1 atom stereocenters. The Morgan fingerprint density at radius 2 is 1.84 bits per heavy atom. The molecule has 2 heterocycles. The molecule has 0 fully saturated rings. The lowest BCUT2D eigenvalue weighted by Crippen LogP contribution is -2.50. The van der Waals surface area contributed by atoms with E-state index in [-0.39, 0.29) is 27.8 Å². The van der Waals surface area contributed by atoms with E-state index in [2.05, 4.69) is 36.5 Å². The van der Waals surface area contributed by atoms with E-state index >= 15 is 0 Å². The van der Waals surface area contributed by atoms with Gasteiger partial charge in [0.15, 0.2) is 5.78 Å². The van der Waals surface area contributed by atoms with Crippen LogP contribution in [0.4, 0.5) is 5.69 Å². The summed E-state index contributed by atoms with van der Waals surface area (Å²) >= 11 is 15.2. The summed E-state index contributed by atoms with van der Waals surface area (Å²) in [5.74, 6) is -1.69. The number of aromatic nitrogens is 2. The maximum atomic E-state index is 12.4. The SMILES string of the molecule is CC1(C)C(=O)C(Br)=C1NC(Cc1ccc(NC(=O)c2c(Cl)cncc2Cl)cn1)C(=O)O. The second kappa shape index (κ2) is 8.94. The van der Waals surface area contributed by atoms with Crippen molar-refractivity contribution in [1.29, 1.82) is 0 Å². The van der Waals surface area contributed by atoms with Crippen LogP contribution in [0.25, 0.3) is 0 Å². The van der Waals surface area contributed by atoms with Gasteiger partial charge in [0.25, 0.3) is 5.91 Å². The average Bonchev–Trinajstić information content (AvgIpc) is 2.71. The van der Waals surface area contributed by atoms with Gasteiger partial charge in [-0.2, -0.15) is 0 Å². The number of rotatable bonds is 7. The number of hydrogen-bond acceptors (Lipinski definition) is 6. The van der Waals surface area contributed by atoms with E-state index in [9.17, 15) is 19.5 Å². The number of allylic oxidation sites excluding steroid dienone is 2. The van der Waals surface area contributed by atoms with Gasteiger partial charge in [-0.25, -0.2) is 4.79 Å². The normalized spacial score (nSPS) is 15.8. The van der Waals surface area contributed by atoms with E-state index in [1.807, 2.05) is 0 Å². The first-order chi connectivity index (χ1) is 14.5. The molecule has 0 saturated carbocycles. The molecule has 0 radical (unpaired) electrons. The van der Waals surface area contributed by atoms with E-state index < -0.39 is 23.3 Å². The Morgan fingerprint density at radius 1 is 1.19 bits per heavy atom. The van der Waals surface area contributed by atoms with Crippen LogP contribution in [-0.4, -0.2) is 38.8 Å². The number of amides is 1. The van der Waals surface area contributed by atoms with Crippen molar-refractivity contribution >= 4 is 62.5 Å². The van der Waals surface area contributed by atoms with Crippen LogP contribution in [0, 0.1) is 5.41 Å². The maximum Gasteiger partial charge on any atom is 0.326 e. The maximum absolute atomic E-state index is 12.4. The van der Waals surface area contributed by atoms with Crippen LogP contribution in [-0.2, 0) is 16.0 Å². The van der Waals surface area contributed by atoms with Crippen LogP contribution in [0.3, 0.4) is 0 Å². The fourth-order valence-electron chi connectivity index (χ4n) is 2.98. The second-order valence-corrected chi connectivity index (χ2v) is 8.96. The Balaban J connectivity index is 1.70. The summed E-state index contributed by atoms with van der Waals surface area (Å²) < 4.78 is 0.350. The molecule has 1 aliphatic carbocycles. The van der Waals surface area contributed by atoms with E-state index in [0.717, 1.165) is 0 Å². The molecule has 3 rings (SSSR count). The van der Waals surface area contributed by atoms with Crippen molar-refractivity contribution in [3.05, 3.63) is 62.2 Å². The first kappa shape index (κ1) is 23.2. The molecule has 1 aliphatic rings. The van der Waals surface area contributed by atoms with E-state index in [1.54, 1.807) is 26.0 Å². The first-order valence-corrected chi connectivity index (χ1v) is 10.6. The number of nitrogens with one attached hydrogen (secondary N) is 2. The predicted octanol–water partition coefficient (Wildman–Crippen LogP) is 3.84. The monoisotopic (exact) mass is 526 g/mol. The first-order valence-electron chi connectivity index (χ1n) is 9.02. The minimum atomic E-state index is -1.08. The number of carboxylic acids is 1. The number of halogens is 3. The molecule has 1 amide bonds. The molecular formula is C20H17BrCl2N4O4. The number of ketones is 1. The molecular weight excluding hydrogens is 511 g/mol. The van der Waals surface area contributed by atoms with Gasteiger partial charge in [0.1, 0.15) is 6.04 Å². The molecule has 0 bridgehead atoms. The number of carbonyl (C=O) groups excluding carboxylic acids is 2. The van der Waals surface area contributed by atoms with Gasteiger partial charge >= 0.3 is 5.97 Å². The molecule has 11 heteroatoms. The highest BCUT2D eigenvalue weighted by molar-refractivity contribution is 9.12. The largest absolute Gasteiger partial charge is 0.480 e. The zero-order chi connectivity index (χ0) is 22.9. The third-order valence-corrected chi connectivity index (χ3v) is 6.13. The Morgan fingerprint density at radius 3 is 2.35 bits per heavy atom. The van der Waals surface area contributed by atoms with Crippen molar-refractivity contribution in [2.45, 2.75) is 26.3 Å². The van der Waals surface area contributed by atoms with E-state index in [0.29, 0.717) is 21.6 Å². The van der Waals surface area contributed by atoms with Gasteiger partial charge in [-0.1, -0.05) is 23.2 Å². The van der Waals surface area contributed by atoms with E-state index in [1.165, 1.54) is 18.6 Å². The molecule has 0 aliphatic heterocycles. The minimum absolute atomic E-state index is 0.0691. The lowest BCUT2D eigenvalue weighted by Gasteiger charge is -2.38. The number of carbonyl (C=O) groups is 3. The van der Waals surface area contributed by atoms with E-state index in [4.69, 9.17) is 23.2 Å². The van der Waals surface area contributed by atoms with Gasteiger partial charge in [0.05, 0.1) is 37.4 Å². The molecule has 0 spiro atoms. The molecule has 0 saturated heterocycles. The highest BCUT2D eigenvalue weighted by Gasteiger charge is 2.46. The molecule has 2 aromatic heterocycles. The summed E-state index contributed by atoms with van der Waals surface area (Å²) in [6.07, 6.45) is 4.10. The summed E-state index contributed by atoms with van der Waals surface area (Å²) in [5.41, 5.74) is 0.726. The van der Waals surface area contributed by atoms with Crippen LogP contribution < -0.4 is 10.6 Å². The average molecular weight is 528 g/mol. The number of hydrogen-bond donors (Lipinski definition) is 3. The Kier molecular flexibility index (Phi) is 6.68. The number of anilines is 1. The Bertz CT molecular complexity index is 1080. The lowest BCUT2D eigenvalue weighted by molar-refractivity contribution is -0.139. The smallest absolute Gasteiger partial charge is 0.326 e. The summed E-state index contributed by atoms with van der Waals surface area (Å²) in [5, 5.41) is 15.4. The van der Waals surface area contributed by atoms with Crippen LogP contribution in [0.5, 0.6) is 0 Å². The third kappa shape index (κ3) is 4.73. The van der Waals surface area contributed by atoms with Crippen molar-refractivity contribution in [3.63, 3.8) is 0 Å². The highest BCUT2D eigenvalue weighted by Crippen LogP contribution is 2.43. The van der Waals surface area contributed by atoms with Gasteiger partial charge in [-0.3, -0.25) is 19.6 Å². The standard InChI is InChI=1S/C20H17BrCl2N4O4/c1-20(2)16(15(21)17(20)28)27-13(19(30)31)5-9-3-4-10(6-25-9)26-18(29)14-11(22)7-24-8-12(14)23/h3-4,6-8,13,27H,5H2,1-2H3,(H,26,29)(H,30,31). The van der Waals surface area contributed by atoms with Gasteiger partial charge in [-0.15, -0.1) is 0 Å². The molecule has 8 nitrogen and oxygen atoms in total. The van der Waals surface area contributed by atoms with Crippen molar-refractivity contribution < 1.29 is 19.5 Å². The number of Topliss-reactive ketones (excluding diaryl/α,β-unsaturated/α-hetero) is 1. The number of carboxylic acid groups (broad SMARTS) is 1. The molecule has 0 aromatic carbocycles. The Labute approximate surface area is 196 Å². The lowest BCUT2D eigenvalue weighted by atomic mass is 9.74. The second-order valence-electron chi connectivity index (χ2n) is 7.35. The van der Waals surface area contributed by atoms with Gasteiger partial charge in [0.2, 0.25) is 0 Å². The summed E-state index contributed by atoms with van der Waals surface area (Å²) in [6.45, 7) is 3.44. The van der Waals surface area contributed by atoms with Crippen molar-refractivity contribution in [3.8, 4) is 0 Å². The summed E-state index contributed by atoms with van der Waals surface area (Å²) in [7, 11) is 0. The fraction of sp³-hybridized carbons (Fsp3) is 0.250. The van der Waals surface area contributed by atoms with Crippen molar-refractivity contribution in [2.75, 3.05) is 5.32 Å². The zero-order valence-electron chi connectivity index (χ0n) is 16.4. The molecule has 2 aromatic rings. The number of nitrogens with zero attached hydrogens (tertiary/aromatic N) is 2. The summed E-state index contributed by atoms with van der Waals surface area (Å²) in [4.78, 5) is 44.1. The minimum Gasteiger partial charge on any atom is -0.480 e. The molecule has 31 heavy (non-hydrogen) atoms. The molecule has 162 valence electrons. The molecule has 1 unspecified atom stereocenters. The summed E-state index contributed by atoms with van der Waals surface area (Å²) in [6, 6.07) is 2.20. The van der Waals surface area contributed by atoms with Crippen molar-refractivity contribution in [2.24, 2.45) is 5.41 Å². The zero-order valence-corrected chi connectivity index (χ0v) is 19.5. The van der Waals surface area contributed by atoms with Crippen LogP contribution >= 0.6 is 39.1 Å². The van der Waals surface area contributed by atoms with Crippen molar-refractivity contribution in [1.82, 2.24) is 15.3 Å². The van der Waals surface area contributed by atoms with Crippen LogP contribution in [0.2, 0.25) is 10.0 Å². The fourth-order valence-corrected chi connectivity index (χ4v) is 4.62. The quantitative estimate of drug-likeness (QED) is 0.500. The van der Waals surface area contributed by atoms with Crippen LogP contribution in [0.1, 0.15) is 29.9 Å². The molecule has 3 N–H and O–H groups in total.